The zero-order valence-electron chi connectivity index (χ0n) is 6.85. The lowest BCUT2D eigenvalue weighted by Gasteiger charge is -2.12. The number of hydrogen-bond acceptors (Lipinski definition) is 2. The molecule has 12 heavy (non-hydrogen) atoms. The van der Waals surface area contributed by atoms with Crippen molar-refractivity contribution in [3.05, 3.63) is 22.4 Å². The Balaban J connectivity index is 2.31. The van der Waals surface area contributed by atoms with Gasteiger partial charge in [-0.1, -0.05) is 6.08 Å². The first-order valence-electron chi connectivity index (χ1n) is 3.97. The number of nitrogens with one attached hydrogen (secondary N) is 1. The minimum atomic E-state index is 0.602. The molecule has 0 aromatic rings. The zero-order chi connectivity index (χ0) is 8.81. The largest absolute Gasteiger partial charge is 0.491 e. The second kappa shape index (κ2) is 5.43. The molecule has 2 radical (unpaired) electrons. The Morgan fingerprint density at radius 3 is 2.92 bits per heavy atom. The lowest BCUT2D eigenvalue weighted by Crippen LogP contribution is -2.15. The van der Waals surface area contributed by atoms with Crippen molar-refractivity contribution in [1.29, 1.82) is 0 Å². The van der Waals surface area contributed by atoms with Gasteiger partial charge in [-0.2, -0.15) is 0 Å². The van der Waals surface area contributed by atoms with Crippen molar-refractivity contribution in [3.8, 4) is 0 Å². The molecule has 0 amide bonds. The van der Waals surface area contributed by atoms with Gasteiger partial charge in [0.05, 0.1) is 11.1 Å². The summed E-state index contributed by atoms with van der Waals surface area (Å²) in [6.07, 6.45) is 6.34. The van der Waals surface area contributed by atoms with E-state index in [4.69, 9.17) is 12.7 Å². The van der Waals surface area contributed by atoms with Gasteiger partial charge in [-0.15, -0.1) is 0 Å². The maximum absolute atomic E-state index is 5.44. The monoisotopic (exact) mass is 227 g/mol. The second-order valence-corrected chi connectivity index (χ2v) is 3.35. The van der Waals surface area contributed by atoms with Crippen molar-refractivity contribution in [2.24, 2.45) is 0 Å². The summed E-state index contributed by atoms with van der Waals surface area (Å²) in [4.78, 5) is 0. The van der Waals surface area contributed by atoms with Crippen molar-refractivity contribution in [1.82, 2.24) is 5.23 Å². The van der Waals surface area contributed by atoms with Crippen LogP contribution in [0.1, 0.15) is 12.8 Å². The Labute approximate surface area is 82.6 Å². The van der Waals surface area contributed by atoms with Crippen LogP contribution in [-0.2, 0) is 4.74 Å². The predicted octanol–water partition coefficient (Wildman–Crippen LogP) is 1.63. The van der Waals surface area contributed by atoms with E-state index in [2.05, 4.69) is 33.3 Å². The molecule has 0 saturated carbocycles. The van der Waals surface area contributed by atoms with Gasteiger partial charge in [0.15, 0.2) is 7.98 Å². The van der Waals surface area contributed by atoms with Crippen LogP contribution in [0.2, 0.25) is 0 Å². The molecule has 2 nitrogen and oxygen atoms in total. The Kier molecular flexibility index (Phi) is 4.47. The molecule has 1 N–H and O–H groups in total. The van der Waals surface area contributed by atoms with E-state index < -0.39 is 0 Å². The van der Waals surface area contributed by atoms with Gasteiger partial charge in [-0.05, 0) is 34.8 Å². The van der Waals surface area contributed by atoms with E-state index in [9.17, 15) is 0 Å². The van der Waals surface area contributed by atoms with Crippen molar-refractivity contribution in [3.63, 3.8) is 0 Å². The summed E-state index contributed by atoms with van der Waals surface area (Å²) in [6.45, 7) is 1.27. The van der Waals surface area contributed by atoms with E-state index in [0.717, 1.165) is 23.1 Å². The van der Waals surface area contributed by atoms with Crippen LogP contribution in [0.25, 0.3) is 0 Å². The number of halogens is 1. The summed E-state index contributed by atoms with van der Waals surface area (Å²) >= 11 is 3.42. The quantitative estimate of drug-likeness (QED) is 0.583. The minimum Gasteiger partial charge on any atom is -0.491 e. The number of allylic oxidation sites excluding steroid dienone is 3. The van der Waals surface area contributed by atoms with Crippen LogP contribution in [0.15, 0.2) is 22.4 Å². The van der Waals surface area contributed by atoms with Crippen LogP contribution in [-0.4, -0.2) is 21.1 Å². The summed E-state index contributed by atoms with van der Waals surface area (Å²) < 4.78 is 6.49. The third-order valence-corrected chi connectivity index (χ3v) is 2.27. The van der Waals surface area contributed by atoms with Crippen molar-refractivity contribution < 1.29 is 4.74 Å². The number of rotatable bonds is 4. The topological polar surface area (TPSA) is 21.3 Å². The third kappa shape index (κ3) is 3.03. The average Bonchev–Trinajstić information content (AvgIpc) is 2.09. The van der Waals surface area contributed by atoms with E-state index in [1.807, 2.05) is 0 Å². The second-order valence-electron chi connectivity index (χ2n) is 2.50. The average molecular weight is 228 g/mol. The van der Waals surface area contributed by atoms with Gasteiger partial charge in [0.25, 0.3) is 0 Å². The molecule has 0 atom stereocenters. The lowest BCUT2D eigenvalue weighted by molar-refractivity contribution is 0.227. The molecule has 0 unspecified atom stereocenters. The first-order chi connectivity index (χ1) is 5.84. The Morgan fingerprint density at radius 2 is 2.25 bits per heavy atom. The maximum atomic E-state index is 5.44. The first-order valence-corrected chi connectivity index (χ1v) is 4.76. The maximum Gasteiger partial charge on any atom is 0.177 e. The molecule has 0 heterocycles. The van der Waals surface area contributed by atoms with Gasteiger partial charge in [0.2, 0.25) is 0 Å². The number of hydrogen-bond donors (Lipinski definition) is 1. The van der Waals surface area contributed by atoms with Gasteiger partial charge >= 0.3 is 0 Å². The van der Waals surface area contributed by atoms with Crippen LogP contribution in [0, 0.1) is 0 Å². The lowest BCUT2D eigenvalue weighted by atomic mass is 10.2. The molecule has 0 spiro atoms. The highest BCUT2D eigenvalue weighted by molar-refractivity contribution is 9.11. The molecule has 0 saturated heterocycles. The van der Waals surface area contributed by atoms with E-state index in [1.54, 1.807) is 0 Å². The van der Waals surface area contributed by atoms with E-state index >= 15 is 0 Å². The van der Waals surface area contributed by atoms with Gasteiger partial charge in [0, 0.05) is 6.54 Å². The Bertz CT molecular complexity index is 203. The molecular weight excluding hydrogens is 217 g/mol. The number of ether oxygens (including phenoxy) is 1. The molecule has 4 heteroatoms. The predicted molar refractivity (Wildman–Crippen MR) is 54.0 cm³/mol. The molecule has 1 rings (SSSR count). The van der Waals surface area contributed by atoms with Gasteiger partial charge in [-0.25, -0.2) is 0 Å². The molecule has 0 aromatic carbocycles. The highest BCUT2D eigenvalue weighted by atomic mass is 79.9. The Morgan fingerprint density at radius 1 is 1.50 bits per heavy atom. The van der Waals surface area contributed by atoms with Crippen molar-refractivity contribution in [2.75, 3.05) is 13.2 Å². The highest BCUT2D eigenvalue weighted by Gasteiger charge is 2.05. The van der Waals surface area contributed by atoms with E-state index in [-0.39, 0.29) is 0 Å². The fourth-order valence-corrected chi connectivity index (χ4v) is 1.48. The van der Waals surface area contributed by atoms with Crippen molar-refractivity contribution >= 4 is 23.9 Å². The third-order valence-electron chi connectivity index (χ3n) is 1.56. The van der Waals surface area contributed by atoms with Crippen LogP contribution in [0.5, 0.6) is 0 Å². The molecule has 1 aliphatic carbocycles. The smallest absolute Gasteiger partial charge is 0.177 e. The van der Waals surface area contributed by atoms with E-state index in [1.165, 1.54) is 0 Å². The van der Waals surface area contributed by atoms with Crippen LogP contribution in [0.3, 0.4) is 0 Å². The summed E-state index contributed by atoms with van der Waals surface area (Å²) in [5.74, 6) is 0.927. The fourth-order valence-electron chi connectivity index (χ4n) is 0.970. The van der Waals surface area contributed by atoms with E-state index in [0.29, 0.717) is 13.2 Å². The summed E-state index contributed by atoms with van der Waals surface area (Å²) in [5.41, 5.74) is 0. The van der Waals surface area contributed by atoms with Gasteiger partial charge in [-0.3, -0.25) is 0 Å². The summed E-state index contributed by atoms with van der Waals surface area (Å²) in [6, 6.07) is 0. The normalized spacial score (nSPS) is 16.8. The first kappa shape index (κ1) is 9.87. The molecule has 0 aliphatic heterocycles. The van der Waals surface area contributed by atoms with Gasteiger partial charge in [0.1, 0.15) is 5.76 Å². The van der Waals surface area contributed by atoms with Gasteiger partial charge < -0.3 is 9.96 Å². The zero-order valence-corrected chi connectivity index (χ0v) is 8.43. The molecule has 1 aliphatic rings. The SMILES string of the molecule is [B]NCCOC1=CCCC=C1Br. The minimum absolute atomic E-state index is 0.602. The fraction of sp³-hybridized carbons (Fsp3) is 0.500. The molecule has 0 aromatic heterocycles. The molecule has 64 valence electrons. The van der Waals surface area contributed by atoms with Crippen LogP contribution >= 0.6 is 15.9 Å². The summed E-state index contributed by atoms with van der Waals surface area (Å²) in [7, 11) is 5.10. The van der Waals surface area contributed by atoms with Crippen LogP contribution in [0.4, 0.5) is 0 Å². The standard InChI is InChI=1S/C8H11BBrNO/c9-11-5-6-12-8-4-2-1-3-7(8)10/h3-4,11H,1-2,5-6H2. The van der Waals surface area contributed by atoms with Crippen molar-refractivity contribution in [2.45, 2.75) is 12.8 Å². The molecule has 0 fully saturated rings. The highest BCUT2D eigenvalue weighted by Crippen LogP contribution is 2.24. The van der Waals surface area contributed by atoms with Crippen LogP contribution < -0.4 is 5.23 Å². The molecule has 0 bridgehead atoms. The summed E-state index contributed by atoms with van der Waals surface area (Å²) in [5, 5.41) is 2.54. The molecular formula is C8H11BBrNO. The Hall–Kier alpha value is -0.215.